The van der Waals surface area contributed by atoms with E-state index in [1.807, 2.05) is 35.2 Å². The Kier molecular flexibility index (Phi) is 3.83. The van der Waals surface area contributed by atoms with Gasteiger partial charge in [-0.3, -0.25) is 13.9 Å². The second-order valence-corrected chi connectivity index (χ2v) is 6.39. The third-order valence-corrected chi connectivity index (χ3v) is 4.83. The summed E-state index contributed by atoms with van der Waals surface area (Å²) >= 11 is 0. The fraction of sp³-hybridized carbons (Fsp3) is 0.333. The van der Waals surface area contributed by atoms with Crippen molar-refractivity contribution >= 4 is 17.1 Å². The van der Waals surface area contributed by atoms with Crippen molar-refractivity contribution in [3.8, 4) is 0 Å². The van der Waals surface area contributed by atoms with Gasteiger partial charge in [0.25, 0.3) is 0 Å². The van der Waals surface area contributed by atoms with Crippen molar-refractivity contribution < 1.29 is 4.79 Å². The topological polar surface area (TPSA) is 73.0 Å². The zero-order chi connectivity index (χ0) is 17.4. The van der Waals surface area contributed by atoms with Crippen molar-refractivity contribution in [1.29, 1.82) is 0 Å². The van der Waals surface area contributed by atoms with Crippen LogP contribution in [0.1, 0.15) is 18.0 Å². The first kappa shape index (κ1) is 15.6. The molecule has 7 heteroatoms. The van der Waals surface area contributed by atoms with Gasteiger partial charge in [-0.25, -0.2) is 14.8 Å². The van der Waals surface area contributed by atoms with E-state index in [-0.39, 0.29) is 17.6 Å². The lowest BCUT2D eigenvalue weighted by Crippen LogP contribution is -2.32. The van der Waals surface area contributed by atoms with Crippen LogP contribution in [0.4, 0.5) is 0 Å². The maximum atomic E-state index is 12.6. The number of hydrogen-bond donors (Lipinski definition) is 0. The van der Waals surface area contributed by atoms with Gasteiger partial charge in [0.15, 0.2) is 5.65 Å². The molecular formula is C18H19N5O2. The number of aromatic nitrogens is 4. The van der Waals surface area contributed by atoms with Crippen molar-refractivity contribution in [2.45, 2.75) is 18.9 Å². The molecule has 2 aromatic heterocycles. The van der Waals surface area contributed by atoms with E-state index in [1.54, 1.807) is 22.4 Å². The van der Waals surface area contributed by atoms with Crippen LogP contribution < -0.4 is 5.69 Å². The Bertz CT molecular complexity index is 976. The molecule has 3 aromatic rings. The van der Waals surface area contributed by atoms with Crippen LogP contribution in [0.5, 0.6) is 0 Å². The van der Waals surface area contributed by atoms with Gasteiger partial charge in [-0.05, 0) is 12.0 Å². The molecule has 0 radical (unpaired) electrons. The molecule has 128 valence electrons. The number of amides is 1. The summed E-state index contributed by atoms with van der Waals surface area (Å²) < 4.78 is 3.26. The molecule has 0 unspecified atom stereocenters. The van der Waals surface area contributed by atoms with E-state index >= 15 is 0 Å². The lowest BCUT2D eigenvalue weighted by Gasteiger charge is -2.17. The quantitative estimate of drug-likeness (QED) is 0.719. The molecule has 0 aliphatic carbocycles. The summed E-state index contributed by atoms with van der Waals surface area (Å²) in [5.41, 5.74) is 2.23. The van der Waals surface area contributed by atoms with Crippen LogP contribution in [0.3, 0.4) is 0 Å². The molecule has 1 saturated heterocycles. The van der Waals surface area contributed by atoms with Gasteiger partial charge in [0, 0.05) is 20.1 Å². The highest BCUT2D eigenvalue weighted by atomic mass is 16.2. The average molecular weight is 337 g/mol. The summed E-state index contributed by atoms with van der Waals surface area (Å²) in [6.45, 7) is 1.19. The summed E-state index contributed by atoms with van der Waals surface area (Å²) in [4.78, 5) is 35.3. The molecule has 0 saturated carbocycles. The molecule has 7 nitrogen and oxygen atoms in total. The van der Waals surface area contributed by atoms with Gasteiger partial charge >= 0.3 is 5.69 Å². The van der Waals surface area contributed by atoms with E-state index in [2.05, 4.69) is 9.97 Å². The Balaban J connectivity index is 1.56. The number of aryl methyl sites for hydroxylation is 1. The molecule has 4 rings (SSSR count). The van der Waals surface area contributed by atoms with Gasteiger partial charge in [0.05, 0.1) is 18.7 Å². The Morgan fingerprint density at radius 3 is 2.88 bits per heavy atom. The van der Waals surface area contributed by atoms with Gasteiger partial charge in [-0.2, -0.15) is 0 Å². The highest BCUT2D eigenvalue weighted by molar-refractivity contribution is 5.79. The van der Waals surface area contributed by atoms with Crippen molar-refractivity contribution in [2.75, 3.05) is 13.1 Å². The maximum absolute atomic E-state index is 12.6. The predicted octanol–water partition coefficient (Wildman–Crippen LogP) is 1.15. The zero-order valence-electron chi connectivity index (χ0n) is 14.0. The number of hydrogen-bond acceptors (Lipinski definition) is 4. The first-order valence-electron chi connectivity index (χ1n) is 8.34. The average Bonchev–Trinajstić information content (AvgIpc) is 3.20. The molecule has 0 spiro atoms. The van der Waals surface area contributed by atoms with Gasteiger partial charge in [0.1, 0.15) is 11.8 Å². The van der Waals surface area contributed by atoms with Crippen molar-refractivity contribution in [3.63, 3.8) is 0 Å². The molecular weight excluding hydrogens is 318 g/mol. The largest absolute Gasteiger partial charge is 0.340 e. The third kappa shape index (κ3) is 2.71. The minimum Gasteiger partial charge on any atom is -0.340 e. The highest BCUT2D eigenvalue weighted by Crippen LogP contribution is 2.24. The molecule has 1 aliphatic heterocycles. The molecule has 3 heterocycles. The standard InChI is InChI=1S/C18H19N5O2/c1-21-15-10-19-12-20-17(15)23(18(21)25)14-7-8-22(11-14)16(24)9-13-5-3-2-4-6-13/h2-6,10,12,14H,7-9,11H2,1H3/t14-/m1/s1. The zero-order valence-corrected chi connectivity index (χ0v) is 14.0. The molecule has 1 fully saturated rings. The van der Waals surface area contributed by atoms with Crippen molar-refractivity contribution in [1.82, 2.24) is 24.0 Å². The fourth-order valence-corrected chi connectivity index (χ4v) is 3.48. The number of carbonyl (C=O) groups is 1. The second kappa shape index (κ2) is 6.16. The van der Waals surface area contributed by atoms with Crippen LogP contribution in [-0.2, 0) is 18.3 Å². The summed E-state index contributed by atoms with van der Waals surface area (Å²) in [6.07, 6.45) is 4.24. The van der Waals surface area contributed by atoms with Crippen LogP contribution in [-0.4, -0.2) is 43.0 Å². The van der Waals surface area contributed by atoms with E-state index in [4.69, 9.17) is 0 Å². The number of nitrogens with zero attached hydrogens (tertiary/aromatic N) is 5. The Hall–Kier alpha value is -2.96. The van der Waals surface area contributed by atoms with E-state index < -0.39 is 0 Å². The van der Waals surface area contributed by atoms with Gasteiger partial charge in [-0.1, -0.05) is 30.3 Å². The molecule has 0 N–H and O–H groups in total. The molecule has 25 heavy (non-hydrogen) atoms. The minimum absolute atomic E-state index is 0.0502. The monoisotopic (exact) mass is 337 g/mol. The number of rotatable bonds is 3. The summed E-state index contributed by atoms with van der Waals surface area (Å²) in [5, 5.41) is 0. The van der Waals surface area contributed by atoms with Crippen LogP contribution in [0.25, 0.3) is 11.2 Å². The molecule has 0 bridgehead atoms. The SMILES string of the molecule is Cn1c(=O)n([C@@H]2CCN(C(=O)Cc3ccccc3)C2)c2ncncc21. The molecule has 1 atom stereocenters. The minimum atomic E-state index is -0.113. The van der Waals surface area contributed by atoms with E-state index in [0.717, 1.165) is 12.0 Å². The smallest absolute Gasteiger partial charge is 0.330 e. The Morgan fingerprint density at radius 1 is 1.28 bits per heavy atom. The predicted molar refractivity (Wildman–Crippen MR) is 93.1 cm³/mol. The van der Waals surface area contributed by atoms with Gasteiger partial charge < -0.3 is 4.90 Å². The van der Waals surface area contributed by atoms with E-state index in [0.29, 0.717) is 30.7 Å². The Labute approximate surface area is 144 Å². The number of fused-ring (bicyclic) bond motifs is 1. The first-order valence-corrected chi connectivity index (χ1v) is 8.34. The van der Waals surface area contributed by atoms with Gasteiger partial charge in [0.2, 0.25) is 5.91 Å². The second-order valence-electron chi connectivity index (χ2n) is 6.39. The van der Waals surface area contributed by atoms with Crippen LogP contribution in [0.2, 0.25) is 0 Å². The number of benzene rings is 1. The number of imidazole rings is 1. The molecule has 1 aromatic carbocycles. The normalized spacial score (nSPS) is 17.3. The highest BCUT2D eigenvalue weighted by Gasteiger charge is 2.30. The van der Waals surface area contributed by atoms with Gasteiger partial charge in [-0.15, -0.1) is 0 Å². The third-order valence-electron chi connectivity index (χ3n) is 4.83. The van der Waals surface area contributed by atoms with Crippen LogP contribution in [0.15, 0.2) is 47.7 Å². The molecule has 1 aliphatic rings. The van der Waals surface area contributed by atoms with Crippen molar-refractivity contribution in [3.05, 3.63) is 58.9 Å². The summed E-state index contributed by atoms with van der Waals surface area (Å²) in [5.74, 6) is 0.0941. The lowest BCUT2D eigenvalue weighted by molar-refractivity contribution is -0.129. The number of likely N-dealkylation sites (tertiary alicyclic amines) is 1. The Morgan fingerprint density at radius 2 is 2.08 bits per heavy atom. The summed E-state index contributed by atoms with van der Waals surface area (Å²) in [6, 6.07) is 9.67. The molecule has 1 amide bonds. The van der Waals surface area contributed by atoms with Crippen LogP contribution >= 0.6 is 0 Å². The first-order chi connectivity index (χ1) is 12.1. The maximum Gasteiger partial charge on any atom is 0.330 e. The van der Waals surface area contributed by atoms with E-state index in [1.165, 1.54) is 6.33 Å². The van der Waals surface area contributed by atoms with E-state index in [9.17, 15) is 9.59 Å². The fourth-order valence-electron chi connectivity index (χ4n) is 3.48. The van der Waals surface area contributed by atoms with Crippen LogP contribution in [0, 0.1) is 0 Å². The summed E-state index contributed by atoms with van der Waals surface area (Å²) in [7, 11) is 1.72. The van der Waals surface area contributed by atoms with Crippen molar-refractivity contribution in [2.24, 2.45) is 7.05 Å². The number of carbonyl (C=O) groups excluding carboxylic acids is 1. The lowest BCUT2D eigenvalue weighted by atomic mass is 10.1.